The molecule has 2 aromatic carbocycles. The Kier molecular flexibility index (Phi) is 5.43. The number of aromatic nitrogens is 2. The summed E-state index contributed by atoms with van der Waals surface area (Å²) < 4.78 is 10.6. The van der Waals surface area contributed by atoms with E-state index in [4.69, 9.17) is 21.1 Å². The summed E-state index contributed by atoms with van der Waals surface area (Å²) in [5.41, 5.74) is 2.79. The monoisotopic (exact) mass is 371 g/mol. The molecule has 0 atom stereocenters. The van der Waals surface area contributed by atoms with Crippen LogP contribution in [0, 0.1) is 0 Å². The van der Waals surface area contributed by atoms with Gasteiger partial charge in [0.2, 0.25) is 0 Å². The number of aromatic amines is 1. The summed E-state index contributed by atoms with van der Waals surface area (Å²) in [6, 6.07) is 12.7. The Morgan fingerprint density at radius 3 is 2.54 bits per heavy atom. The molecule has 1 amide bonds. The Morgan fingerprint density at radius 1 is 1.12 bits per heavy atom. The number of ether oxygens (including phenoxy) is 2. The lowest BCUT2D eigenvalue weighted by Crippen LogP contribution is -2.22. The second kappa shape index (κ2) is 7.93. The summed E-state index contributed by atoms with van der Waals surface area (Å²) in [6.07, 6.45) is 1.50. The van der Waals surface area contributed by atoms with Gasteiger partial charge >= 0.3 is 0 Å². The fraction of sp³-hybridized carbons (Fsp3) is 0.158. The molecular weight excluding hydrogens is 354 g/mol. The summed E-state index contributed by atoms with van der Waals surface area (Å²) in [5, 5.41) is 10.4. The molecule has 0 spiro atoms. The molecule has 3 rings (SSSR count). The maximum Gasteiger partial charge on any atom is 0.255 e. The van der Waals surface area contributed by atoms with Crippen molar-refractivity contribution in [3.8, 4) is 22.8 Å². The molecule has 1 heterocycles. The molecule has 0 radical (unpaired) electrons. The average Bonchev–Trinajstić information content (AvgIpc) is 3.16. The number of carbonyl (C=O) groups excluding carboxylic acids is 1. The Hall–Kier alpha value is -2.99. The molecule has 0 saturated carbocycles. The average molecular weight is 372 g/mol. The van der Waals surface area contributed by atoms with Crippen LogP contribution in [-0.2, 0) is 6.54 Å². The standard InChI is InChI=1S/C19H18ClN3O3/c1-25-16-8-5-13(9-17(16)26-2)18-15(11-22-23-18)19(24)21-10-12-3-6-14(20)7-4-12/h3-9,11H,10H2,1-2H3,(H,21,24)(H,22,23). The van der Waals surface area contributed by atoms with E-state index in [-0.39, 0.29) is 5.91 Å². The number of methoxy groups -OCH3 is 2. The Balaban J connectivity index is 1.79. The molecule has 0 aliphatic rings. The third-order valence-corrected chi connectivity index (χ3v) is 4.17. The summed E-state index contributed by atoms with van der Waals surface area (Å²) in [4.78, 5) is 12.6. The number of amides is 1. The Bertz CT molecular complexity index is 907. The highest BCUT2D eigenvalue weighted by atomic mass is 35.5. The van der Waals surface area contributed by atoms with Crippen LogP contribution in [0.15, 0.2) is 48.7 Å². The molecule has 26 heavy (non-hydrogen) atoms. The van der Waals surface area contributed by atoms with Crippen LogP contribution in [0.4, 0.5) is 0 Å². The second-order valence-corrected chi connectivity index (χ2v) is 5.97. The van der Waals surface area contributed by atoms with Gasteiger partial charge in [-0.2, -0.15) is 5.10 Å². The zero-order valence-electron chi connectivity index (χ0n) is 14.4. The van der Waals surface area contributed by atoms with Crippen molar-refractivity contribution < 1.29 is 14.3 Å². The van der Waals surface area contributed by atoms with Crippen molar-refractivity contribution in [2.45, 2.75) is 6.54 Å². The number of carbonyl (C=O) groups is 1. The van der Waals surface area contributed by atoms with Gasteiger partial charge in [-0.1, -0.05) is 23.7 Å². The molecule has 0 saturated heterocycles. The highest BCUT2D eigenvalue weighted by molar-refractivity contribution is 6.30. The van der Waals surface area contributed by atoms with E-state index >= 15 is 0 Å². The van der Waals surface area contributed by atoms with E-state index in [1.165, 1.54) is 6.20 Å². The molecule has 6 nitrogen and oxygen atoms in total. The molecule has 2 N–H and O–H groups in total. The first kappa shape index (κ1) is 17.8. The van der Waals surface area contributed by atoms with E-state index in [1.54, 1.807) is 38.5 Å². The number of hydrogen-bond acceptors (Lipinski definition) is 4. The zero-order chi connectivity index (χ0) is 18.5. The van der Waals surface area contributed by atoms with Gasteiger partial charge < -0.3 is 14.8 Å². The van der Waals surface area contributed by atoms with Crippen molar-refractivity contribution in [2.75, 3.05) is 14.2 Å². The number of hydrogen-bond donors (Lipinski definition) is 2. The SMILES string of the molecule is COc1ccc(-c2[nH]ncc2C(=O)NCc2ccc(Cl)cc2)cc1OC. The first-order valence-corrected chi connectivity index (χ1v) is 8.28. The summed E-state index contributed by atoms with van der Waals surface area (Å²) in [5.74, 6) is 0.968. The van der Waals surface area contributed by atoms with Gasteiger partial charge in [-0.25, -0.2) is 0 Å². The lowest BCUT2D eigenvalue weighted by Gasteiger charge is -2.10. The number of rotatable bonds is 6. The predicted octanol–water partition coefficient (Wildman–Crippen LogP) is 3.68. The van der Waals surface area contributed by atoms with Gasteiger partial charge in [0, 0.05) is 17.1 Å². The van der Waals surface area contributed by atoms with Gasteiger partial charge in [0.25, 0.3) is 5.91 Å². The van der Waals surface area contributed by atoms with Crippen LogP contribution < -0.4 is 14.8 Å². The van der Waals surface area contributed by atoms with Crippen LogP contribution in [0.2, 0.25) is 5.02 Å². The largest absolute Gasteiger partial charge is 0.493 e. The fourth-order valence-electron chi connectivity index (χ4n) is 2.55. The number of H-pyrrole nitrogens is 1. The van der Waals surface area contributed by atoms with E-state index < -0.39 is 0 Å². The van der Waals surface area contributed by atoms with Crippen LogP contribution >= 0.6 is 11.6 Å². The lowest BCUT2D eigenvalue weighted by molar-refractivity contribution is 0.0951. The molecule has 0 bridgehead atoms. The van der Waals surface area contributed by atoms with Crippen LogP contribution in [0.3, 0.4) is 0 Å². The van der Waals surface area contributed by atoms with Gasteiger partial charge in [0.1, 0.15) is 0 Å². The van der Waals surface area contributed by atoms with Crippen molar-refractivity contribution in [1.29, 1.82) is 0 Å². The van der Waals surface area contributed by atoms with Crippen molar-refractivity contribution >= 4 is 17.5 Å². The summed E-state index contributed by atoms with van der Waals surface area (Å²) in [6.45, 7) is 0.395. The van der Waals surface area contributed by atoms with E-state index in [0.717, 1.165) is 11.1 Å². The molecule has 7 heteroatoms. The number of nitrogens with one attached hydrogen (secondary N) is 2. The van der Waals surface area contributed by atoms with E-state index in [1.807, 2.05) is 18.2 Å². The van der Waals surface area contributed by atoms with Crippen LogP contribution in [0.5, 0.6) is 11.5 Å². The molecular formula is C19H18ClN3O3. The predicted molar refractivity (Wildman–Crippen MR) is 99.7 cm³/mol. The minimum absolute atomic E-state index is 0.224. The first-order valence-electron chi connectivity index (χ1n) is 7.90. The minimum Gasteiger partial charge on any atom is -0.493 e. The van der Waals surface area contributed by atoms with Crippen molar-refractivity contribution in [2.24, 2.45) is 0 Å². The molecule has 1 aromatic heterocycles. The van der Waals surface area contributed by atoms with Gasteiger partial charge in [0.05, 0.1) is 31.7 Å². The van der Waals surface area contributed by atoms with E-state index in [2.05, 4.69) is 15.5 Å². The van der Waals surface area contributed by atoms with Crippen LogP contribution in [-0.4, -0.2) is 30.3 Å². The van der Waals surface area contributed by atoms with E-state index in [9.17, 15) is 4.79 Å². The zero-order valence-corrected chi connectivity index (χ0v) is 15.1. The normalized spacial score (nSPS) is 10.4. The second-order valence-electron chi connectivity index (χ2n) is 5.54. The number of nitrogens with zero attached hydrogens (tertiary/aromatic N) is 1. The Labute approximate surface area is 156 Å². The quantitative estimate of drug-likeness (QED) is 0.693. The smallest absolute Gasteiger partial charge is 0.255 e. The highest BCUT2D eigenvalue weighted by Crippen LogP contribution is 2.32. The third-order valence-electron chi connectivity index (χ3n) is 3.92. The highest BCUT2D eigenvalue weighted by Gasteiger charge is 2.16. The van der Waals surface area contributed by atoms with Gasteiger partial charge in [-0.3, -0.25) is 9.89 Å². The lowest BCUT2D eigenvalue weighted by atomic mass is 10.1. The fourth-order valence-corrected chi connectivity index (χ4v) is 2.68. The van der Waals surface area contributed by atoms with E-state index in [0.29, 0.717) is 34.3 Å². The van der Waals surface area contributed by atoms with Crippen molar-refractivity contribution in [1.82, 2.24) is 15.5 Å². The number of benzene rings is 2. The van der Waals surface area contributed by atoms with Crippen molar-refractivity contribution in [3.63, 3.8) is 0 Å². The van der Waals surface area contributed by atoms with Gasteiger partial charge in [-0.05, 0) is 35.9 Å². The molecule has 134 valence electrons. The van der Waals surface area contributed by atoms with Crippen LogP contribution in [0.1, 0.15) is 15.9 Å². The van der Waals surface area contributed by atoms with Gasteiger partial charge in [0.15, 0.2) is 11.5 Å². The number of halogens is 1. The molecule has 3 aromatic rings. The topological polar surface area (TPSA) is 76.2 Å². The minimum atomic E-state index is -0.224. The molecule has 0 unspecified atom stereocenters. The molecule has 0 aliphatic carbocycles. The molecule has 0 aliphatic heterocycles. The molecule has 0 fully saturated rings. The van der Waals surface area contributed by atoms with Crippen molar-refractivity contribution in [3.05, 3.63) is 64.8 Å². The maximum atomic E-state index is 12.6. The van der Waals surface area contributed by atoms with Gasteiger partial charge in [-0.15, -0.1) is 0 Å². The van der Waals surface area contributed by atoms with Crippen LogP contribution in [0.25, 0.3) is 11.3 Å². The first-order chi connectivity index (χ1) is 12.6. The Morgan fingerprint density at radius 2 is 1.85 bits per heavy atom. The maximum absolute atomic E-state index is 12.6. The summed E-state index contributed by atoms with van der Waals surface area (Å²) >= 11 is 5.87. The third kappa shape index (κ3) is 3.81. The summed E-state index contributed by atoms with van der Waals surface area (Å²) in [7, 11) is 3.14.